The molecule has 1 saturated heterocycles. The van der Waals surface area contributed by atoms with Gasteiger partial charge in [-0.25, -0.2) is 0 Å². The number of carbonyl (C=O) groups is 1. The second kappa shape index (κ2) is 4.28. The highest BCUT2D eigenvalue weighted by Gasteiger charge is 2.27. The largest absolute Gasteiger partial charge is 0.459 e. The van der Waals surface area contributed by atoms with Crippen LogP contribution in [0.5, 0.6) is 0 Å². The Balaban J connectivity index is 2.38. The second-order valence-electron chi connectivity index (χ2n) is 4.80. The van der Waals surface area contributed by atoms with Crippen LogP contribution in [-0.4, -0.2) is 36.7 Å². The predicted octanol–water partition coefficient (Wildman–Crippen LogP) is 0.278. The van der Waals surface area contributed by atoms with Crippen molar-refractivity contribution in [3.05, 3.63) is 0 Å². The van der Waals surface area contributed by atoms with Crippen LogP contribution in [0, 0.1) is 0 Å². The first-order valence-corrected chi connectivity index (χ1v) is 5.08. The monoisotopic (exact) mass is 200 g/mol. The lowest BCUT2D eigenvalue weighted by molar-refractivity contribution is -0.157. The van der Waals surface area contributed by atoms with Crippen LogP contribution in [0.2, 0.25) is 0 Å². The van der Waals surface area contributed by atoms with Crippen molar-refractivity contribution >= 4 is 5.97 Å². The van der Waals surface area contributed by atoms with E-state index in [0.717, 1.165) is 6.54 Å². The molecule has 2 unspecified atom stereocenters. The molecule has 1 aliphatic heterocycles. The summed E-state index contributed by atoms with van der Waals surface area (Å²) in [6.07, 6.45) is 0. The van der Waals surface area contributed by atoms with Crippen LogP contribution in [-0.2, 0) is 9.53 Å². The number of nitrogens with one attached hydrogen (secondary N) is 2. The van der Waals surface area contributed by atoms with E-state index in [1.807, 2.05) is 20.8 Å². The van der Waals surface area contributed by atoms with E-state index < -0.39 is 5.60 Å². The molecular weight excluding hydrogens is 180 g/mol. The van der Waals surface area contributed by atoms with Gasteiger partial charge in [-0.1, -0.05) is 0 Å². The van der Waals surface area contributed by atoms with Gasteiger partial charge in [-0.15, -0.1) is 0 Å². The van der Waals surface area contributed by atoms with Gasteiger partial charge in [0, 0.05) is 19.1 Å². The third-order valence-corrected chi connectivity index (χ3v) is 2.03. The molecule has 1 fully saturated rings. The smallest absolute Gasteiger partial charge is 0.324 e. The van der Waals surface area contributed by atoms with Gasteiger partial charge in [0.2, 0.25) is 0 Å². The molecule has 1 rings (SSSR count). The normalized spacial score (nSPS) is 28.6. The van der Waals surface area contributed by atoms with Crippen molar-refractivity contribution < 1.29 is 9.53 Å². The summed E-state index contributed by atoms with van der Waals surface area (Å²) in [6, 6.07) is 0.221. The first kappa shape index (κ1) is 11.5. The molecule has 0 saturated carbocycles. The average molecular weight is 200 g/mol. The Morgan fingerprint density at radius 1 is 1.29 bits per heavy atom. The summed E-state index contributed by atoms with van der Waals surface area (Å²) in [6.45, 7) is 9.18. The van der Waals surface area contributed by atoms with Crippen LogP contribution in [0.3, 0.4) is 0 Å². The van der Waals surface area contributed by atoms with Gasteiger partial charge in [0.05, 0.1) is 0 Å². The lowest BCUT2D eigenvalue weighted by Crippen LogP contribution is -2.57. The highest BCUT2D eigenvalue weighted by atomic mass is 16.6. The molecule has 2 atom stereocenters. The zero-order valence-electron chi connectivity index (χ0n) is 9.39. The van der Waals surface area contributed by atoms with Crippen LogP contribution in [0.1, 0.15) is 27.7 Å². The van der Waals surface area contributed by atoms with Gasteiger partial charge in [-0.3, -0.25) is 4.79 Å². The Kier molecular flexibility index (Phi) is 3.50. The average Bonchev–Trinajstić information content (AvgIpc) is 2.02. The minimum absolute atomic E-state index is 0.170. The van der Waals surface area contributed by atoms with Crippen molar-refractivity contribution in [3.8, 4) is 0 Å². The lowest BCUT2D eigenvalue weighted by Gasteiger charge is -2.30. The molecule has 0 bridgehead atoms. The molecule has 0 spiro atoms. The van der Waals surface area contributed by atoms with Gasteiger partial charge in [0.1, 0.15) is 11.6 Å². The zero-order chi connectivity index (χ0) is 10.8. The van der Waals surface area contributed by atoms with E-state index in [-0.39, 0.29) is 12.0 Å². The van der Waals surface area contributed by atoms with Crippen molar-refractivity contribution in [2.75, 3.05) is 13.1 Å². The molecule has 0 aromatic carbocycles. The number of hydrogen-bond donors (Lipinski definition) is 2. The van der Waals surface area contributed by atoms with Crippen molar-refractivity contribution in [1.82, 2.24) is 10.6 Å². The molecule has 14 heavy (non-hydrogen) atoms. The van der Waals surface area contributed by atoms with Gasteiger partial charge in [-0.2, -0.15) is 0 Å². The topological polar surface area (TPSA) is 50.4 Å². The fourth-order valence-electron chi connectivity index (χ4n) is 1.32. The Hall–Kier alpha value is -0.610. The number of ether oxygens (including phenoxy) is 1. The molecule has 4 heteroatoms. The zero-order valence-corrected chi connectivity index (χ0v) is 9.39. The number of carbonyl (C=O) groups excluding carboxylic acids is 1. The Bertz CT molecular complexity index is 203. The summed E-state index contributed by atoms with van der Waals surface area (Å²) < 4.78 is 5.27. The Labute approximate surface area is 85.4 Å². The first-order chi connectivity index (χ1) is 6.38. The number of piperazine rings is 1. The van der Waals surface area contributed by atoms with Crippen molar-refractivity contribution in [1.29, 1.82) is 0 Å². The fourth-order valence-corrected chi connectivity index (χ4v) is 1.32. The van der Waals surface area contributed by atoms with Crippen LogP contribution < -0.4 is 10.6 Å². The molecule has 1 heterocycles. The highest BCUT2D eigenvalue weighted by molar-refractivity contribution is 5.76. The molecule has 0 amide bonds. The van der Waals surface area contributed by atoms with Crippen molar-refractivity contribution in [3.63, 3.8) is 0 Å². The van der Waals surface area contributed by atoms with Gasteiger partial charge in [0.15, 0.2) is 0 Å². The maximum atomic E-state index is 11.6. The summed E-state index contributed by atoms with van der Waals surface area (Å²) in [5.74, 6) is -0.170. The van der Waals surface area contributed by atoms with Gasteiger partial charge in [0.25, 0.3) is 0 Å². The molecule has 2 N–H and O–H groups in total. The van der Waals surface area contributed by atoms with E-state index in [0.29, 0.717) is 12.6 Å². The predicted molar refractivity (Wildman–Crippen MR) is 55.1 cm³/mol. The summed E-state index contributed by atoms with van der Waals surface area (Å²) in [4.78, 5) is 11.6. The maximum Gasteiger partial charge on any atom is 0.324 e. The Morgan fingerprint density at radius 3 is 2.36 bits per heavy atom. The fraction of sp³-hybridized carbons (Fsp3) is 0.900. The third-order valence-electron chi connectivity index (χ3n) is 2.03. The van der Waals surface area contributed by atoms with Crippen LogP contribution >= 0.6 is 0 Å². The molecule has 4 nitrogen and oxygen atoms in total. The Morgan fingerprint density at radius 2 is 1.93 bits per heavy atom. The lowest BCUT2D eigenvalue weighted by atomic mass is 10.1. The SMILES string of the molecule is CC1CNC(C(=O)OC(C)(C)C)CN1. The van der Waals surface area contributed by atoms with E-state index >= 15 is 0 Å². The maximum absolute atomic E-state index is 11.6. The standard InChI is InChI=1S/C10H20N2O2/c1-7-5-12-8(6-11-7)9(13)14-10(2,3)4/h7-8,11-12H,5-6H2,1-4H3. The minimum atomic E-state index is -0.401. The second-order valence-corrected chi connectivity index (χ2v) is 4.80. The van der Waals surface area contributed by atoms with E-state index in [2.05, 4.69) is 17.6 Å². The quantitative estimate of drug-likeness (QED) is 0.597. The van der Waals surface area contributed by atoms with Crippen molar-refractivity contribution in [2.45, 2.75) is 45.4 Å². The summed E-state index contributed by atoms with van der Waals surface area (Å²) >= 11 is 0. The first-order valence-electron chi connectivity index (χ1n) is 5.08. The van der Waals surface area contributed by atoms with Gasteiger partial charge < -0.3 is 15.4 Å². The third kappa shape index (κ3) is 3.64. The molecule has 0 radical (unpaired) electrons. The molecule has 0 aliphatic carbocycles. The number of rotatable bonds is 1. The van der Waals surface area contributed by atoms with Crippen LogP contribution in [0.15, 0.2) is 0 Å². The summed E-state index contributed by atoms with van der Waals surface area (Å²) in [7, 11) is 0. The summed E-state index contributed by atoms with van der Waals surface area (Å²) in [5.41, 5.74) is -0.401. The van der Waals surface area contributed by atoms with Gasteiger partial charge in [-0.05, 0) is 27.7 Å². The van der Waals surface area contributed by atoms with E-state index in [4.69, 9.17) is 4.74 Å². The number of esters is 1. The molecular formula is C10H20N2O2. The molecule has 0 aromatic heterocycles. The molecule has 0 aromatic rings. The van der Waals surface area contributed by atoms with E-state index in [9.17, 15) is 4.79 Å². The minimum Gasteiger partial charge on any atom is -0.459 e. The van der Waals surface area contributed by atoms with E-state index in [1.165, 1.54) is 0 Å². The molecule has 82 valence electrons. The van der Waals surface area contributed by atoms with Crippen LogP contribution in [0.4, 0.5) is 0 Å². The van der Waals surface area contributed by atoms with Crippen molar-refractivity contribution in [2.24, 2.45) is 0 Å². The van der Waals surface area contributed by atoms with Crippen LogP contribution in [0.25, 0.3) is 0 Å². The van der Waals surface area contributed by atoms with E-state index in [1.54, 1.807) is 0 Å². The molecule has 1 aliphatic rings. The summed E-state index contributed by atoms with van der Waals surface area (Å²) in [5, 5.41) is 6.39. The highest BCUT2D eigenvalue weighted by Crippen LogP contribution is 2.09. The number of hydrogen-bond acceptors (Lipinski definition) is 4. The van der Waals surface area contributed by atoms with Gasteiger partial charge >= 0.3 is 5.97 Å².